The summed E-state index contributed by atoms with van der Waals surface area (Å²) in [5.74, 6) is 0. The molecule has 1 nitrogen and oxygen atoms in total. The summed E-state index contributed by atoms with van der Waals surface area (Å²) >= 11 is 0. The Morgan fingerprint density at radius 3 is 2.11 bits per heavy atom. The summed E-state index contributed by atoms with van der Waals surface area (Å²) in [5, 5.41) is 0. The molecule has 0 spiro atoms. The van der Waals surface area contributed by atoms with Gasteiger partial charge in [0.25, 0.3) is 0 Å². The molecule has 1 rings (SSSR count). The smallest absolute Gasteiger partial charge is 0.0270 e. The van der Waals surface area contributed by atoms with Crippen LogP contribution < -0.4 is 0 Å². The number of pyridine rings is 1. The van der Waals surface area contributed by atoms with Crippen LogP contribution in [0.4, 0.5) is 0 Å². The van der Waals surface area contributed by atoms with Crippen LogP contribution in [0.5, 0.6) is 0 Å². The van der Waals surface area contributed by atoms with Crippen molar-refractivity contribution in [2.75, 3.05) is 0 Å². The maximum atomic E-state index is 4.15. The third-order valence-electron chi connectivity index (χ3n) is 4.04. The van der Waals surface area contributed by atoms with Gasteiger partial charge in [0.1, 0.15) is 0 Å². The molecule has 102 valence electrons. The number of hydrogen-bond donors (Lipinski definition) is 0. The van der Waals surface area contributed by atoms with Gasteiger partial charge in [-0.25, -0.2) is 0 Å². The van der Waals surface area contributed by atoms with Gasteiger partial charge < -0.3 is 0 Å². The Bertz CT molecular complexity index is 307. The number of hydrogen-bond acceptors (Lipinski definition) is 1. The van der Waals surface area contributed by atoms with Gasteiger partial charge in [-0.15, -0.1) is 0 Å². The van der Waals surface area contributed by atoms with Crippen LogP contribution in [-0.4, -0.2) is 4.98 Å². The van der Waals surface area contributed by atoms with Crippen LogP contribution in [0.15, 0.2) is 24.5 Å². The van der Waals surface area contributed by atoms with E-state index in [-0.39, 0.29) is 0 Å². The lowest BCUT2D eigenvalue weighted by Gasteiger charge is -2.30. The molecule has 0 aliphatic carbocycles. The van der Waals surface area contributed by atoms with E-state index in [9.17, 15) is 0 Å². The minimum atomic E-state index is 0.354. The van der Waals surface area contributed by atoms with E-state index >= 15 is 0 Å². The fraction of sp³-hybridized carbons (Fsp3) is 0.706. The summed E-state index contributed by atoms with van der Waals surface area (Å²) in [4.78, 5) is 4.15. The molecule has 1 unspecified atom stereocenters. The van der Waals surface area contributed by atoms with Gasteiger partial charge in [0.05, 0.1) is 0 Å². The normalized spacial score (nSPS) is 14.4. The molecule has 18 heavy (non-hydrogen) atoms. The standard InChI is InChI=1S/C17H29N/c1-4-6-8-9-13-17(3,12-7-5-2)16-10-14-18-15-11-16/h10-11,14-15H,4-9,12-13H2,1-3H3. The van der Waals surface area contributed by atoms with E-state index in [1.165, 1.54) is 56.9 Å². The van der Waals surface area contributed by atoms with Gasteiger partial charge in [0, 0.05) is 12.4 Å². The zero-order valence-corrected chi connectivity index (χ0v) is 12.4. The minimum absolute atomic E-state index is 0.354. The van der Waals surface area contributed by atoms with Crippen LogP contribution in [0.3, 0.4) is 0 Å². The highest BCUT2D eigenvalue weighted by molar-refractivity contribution is 5.21. The molecule has 1 aromatic heterocycles. The lowest BCUT2D eigenvalue weighted by atomic mass is 9.74. The average molecular weight is 247 g/mol. The maximum Gasteiger partial charge on any atom is 0.0270 e. The van der Waals surface area contributed by atoms with Gasteiger partial charge >= 0.3 is 0 Å². The Morgan fingerprint density at radius 1 is 0.889 bits per heavy atom. The predicted molar refractivity (Wildman–Crippen MR) is 79.9 cm³/mol. The van der Waals surface area contributed by atoms with E-state index in [1.54, 1.807) is 0 Å². The molecule has 0 saturated carbocycles. The summed E-state index contributed by atoms with van der Waals surface area (Å²) < 4.78 is 0. The molecule has 1 heterocycles. The fourth-order valence-corrected chi connectivity index (χ4v) is 2.68. The summed E-state index contributed by atoms with van der Waals surface area (Å²) in [6.07, 6.45) is 14.5. The third-order valence-corrected chi connectivity index (χ3v) is 4.04. The fourth-order valence-electron chi connectivity index (χ4n) is 2.68. The quantitative estimate of drug-likeness (QED) is 0.525. The van der Waals surface area contributed by atoms with Crippen LogP contribution in [0.1, 0.15) is 77.7 Å². The van der Waals surface area contributed by atoms with E-state index in [0.29, 0.717) is 5.41 Å². The van der Waals surface area contributed by atoms with E-state index in [2.05, 4.69) is 37.9 Å². The Balaban J connectivity index is 2.63. The Morgan fingerprint density at radius 2 is 1.50 bits per heavy atom. The molecule has 1 aromatic rings. The molecule has 0 aliphatic rings. The minimum Gasteiger partial charge on any atom is -0.265 e. The molecule has 0 aliphatic heterocycles. The summed E-state index contributed by atoms with van der Waals surface area (Å²) in [6, 6.07) is 4.41. The number of nitrogens with zero attached hydrogens (tertiary/aromatic N) is 1. The van der Waals surface area contributed by atoms with Gasteiger partial charge in [-0.1, -0.05) is 59.3 Å². The van der Waals surface area contributed by atoms with Crippen molar-refractivity contribution in [3.63, 3.8) is 0 Å². The Kier molecular flexibility index (Phi) is 7.00. The highest BCUT2D eigenvalue weighted by Crippen LogP contribution is 2.34. The maximum absolute atomic E-state index is 4.15. The van der Waals surface area contributed by atoms with Gasteiger partial charge in [0.2, 0.25) is 0 Å². The first-order valence-electron chi connectivity index (χ1n) is 7.63. The Labute approximate surface area is 113 Å². The third kappa shape index (κ3) is 4.80. The molecular weight excluding hydrogens is 218 g/mol. The molecule has 0 bridgehead atoms. The first kappa shape index (κ1) is 15.2. The van der Waals surface area contributed by atoms with Crippen molar-refractivity contribution in [1.82, 2.24) is 4.98 Å². The molecule has 0 fully saturated rings. The van der Waals surface area contributed by atoms with Crippen molar-refractivity contribution in [3.05, 3.63) is 30.1 Å². The number of aromatic nitrogens is 1. The van der Waals surface area contributed by atoms with Crippen molar-refractivity contribution in [3.8, 4) is 0 Å². The lowest BCUT2D eigenvalue weighted by Crippen LogP contribution is -2.22. The second-order valence-corrected chi connectivity index (χ2v) is 5.71. The van der Waals surface area contributed by atoms with Gasteiger partial charge in [-0.05, 0) is 36.0 Å². The van der Waals surface area contributed by atoms with Crippen molar-refractivity contribution >= 4 is 0 Å². The lowest BCUT2D eigenvalue weighted by molar-refractivity contribution is 0.369. The highest BCUT2D eigenvalue weighted by Gasteiger charge is 2.25. The Hall–Kier alpha value is -0.850. The molecule has 0 N–H and O–H groups in total. The SMILES string of the molecule is CCCCCCC(C)(CCCC)c1ccncc1. The second kappa shape index (κ2) is 8.29. The largest absolute Gasteiger partial charge is 0.265 e. The molecule has 1 atom stereocenters. The van der Waals surface area contributed by atoms with Gasteiger partial charge in [-0.2, -0.15) is 0 Å². The monoisotopic (exact) mass is 247 g/mol. The zero-order chi connectivity index (χ0) is 13.3. The van der Waals surface area contributed by atoms with Crippen molar-refractivity contribution < 1.29 is 0 Å². The number of unbranched alkanes of at least 4 members (excludes halogenated alkanes) is 4. The molecule has 0 amide bonds. The topological polar surface area (TPSA) is 12.9 Å². The van der Waals surface area contributed by atoms with Crippen LogP contribution in [0.25, 0.3) is 0 Å². The summed E-state index contributed by atoms with van der Waals surface area (Å²) in [6.45, 7) is 6.99. The molecule has 0 radical (unpaired) electrons. The van der Waals surface area contributed by atoms with Crippen LogP contribution >= 0.6 is 0 Å². The number of rotatable bonds is 9. The van der Waals surface area contributed by atoms with Crippen LogP contribution in [0, 0.1) is 0 Å². The predicted octanol–water partition coefficient (Wildman–Crippen LogP) is 5.50. The molecule has 0 aromatic carbocycles. The second-order valence-electron chi connectivity index (χ2n) is 5.71. The van der Waals surface area contributed by atoms with E-state index in [0.717, 1.165) is 0 Å². The zero-order valence-electron chi connectivity index (χ0n) is 12.4. The van der Waals surface area contributed by atoms with E-state index in [4.69, 9.17) is 0 Å². The van der Waals surface area contributed by atoms with Crippen molar-refractivity contribution in [2.24, 2.45) is 0 Å². The highest BCUT2D eigenvalue weighted by atomic mass is 14.6. The average Bonchev–Trinajstić information content (AvgIpc) is 2.42. The first-order valence-corrected chi connectivity index (χ1v) is 7.63. The van der Waals surface area contributed by atoms with Crippen molar-refractivity contribution in [1.29, 1.82) is 0 Å². The molecule has 1 heteroatoms. The molecular formula is C17H29N. The van der Waals surface area contributed by atoms with E-state index < -0.39 is 0 Å². The van der Waals surface area contributed by atoms with Crippen LogP contribution in [0.2, 0.25) is 0 Å². The van der Waals surface area contributed by atoms with Gasteiger partial charge in [-0.3, -0.25) is 4.98 Å². The first-order chi connectivity index (χ1) is 8.73. The van der Waals surface area contributed by atoms with E-state index in [1.807, 2.05) is 12.4 Å². The van der Waals surface area contributed by atoms with Crippen LogP contribution in [-0.2, 0) is 5.41 Å². The van der Waals surface area contributed by atoms with Crippen molar-refractivity contribution in [2.45, 2.75) is 77.6 Å². The van der Waals surface area contributed by atoms with Gasteiger partial charge in [0.15, 0.2) is 0 Å². The molecule has 0 saturated heterocycles. The summed E-state index contributed by atoms with van der Waals surface area (Å²) in [5.41, 5.74) is 1.83. The summed E-state index contributed by atoms with van der Waals surface area (Å²) in [7, 11) is 0.